The molecule has 0 unspecified atom stereocenters. The number of aromatic nitrogens is 6. The van der Waals surface area contributed by atoms with Crippen LogP contribution in [0.4, 0.5) is 20.4 Å². The molecular formula is C37H40F2N8O4. The standard InChI is InChI=1S/C19H21FN4O2.C18H19FN4O2/c1-2-13(18(25)26)11-14-6-7-16(24-23-14)22-12-19(8-4-9-19)17-15(20)5-3-10-21-17;1-2-25-16(24)9-7-13-6-8-15(23-22-13)21-18(10-4-11-18)17-14(19)5-3-12-20-17/h3,5-7,10-11H,2,4,8-9,12H2,1H3,(H,22,24)(H,25,26);3,5-9,12H,2,4,10-11H2,1H3,(H,21,23). The molecule has 0 amide bonds. The molecule has 266 valence electrons. The molecule has 2 aliphatic carbocycles. The molecule has 12 nitrogen and oxygen atoms in total. The Balaban J connectivity index is 0.000000198. The van der Waals surface area contributed by atoms with Crippen LogP contribution in [0.3, 0.4) is 0 Å². The average molecular weight is 699 g/mol. The van der Waals surface area contributed by atoms with Crippen LogP contribution in [0.5, 0.6) is 0 Å². The molecule has 0 aromatic carbocycles. The maximum Gasteiger partial charge on any atom is 0.331 e. The van der Waals surface area contributed by atoms with Gasteiger partial charge in [0.2, 0.25) is 0 Å². The normalized spacial score (nSPS) is 15.8. The lowest BCUT2D eigenvalue weighted by atomic mass is 9.66. The van der Waals surface area contributed by atoms with Crippen LogP contribution in [0.25, 0.3) is 12.2 Å². The molecule has 4 heterocycles. The number of pyridine rings is 2. The molecule has 4 aromatic rings. The third kappa shape index (κ3) is 9.12. The molecule has 4 aromatic heterocycles. The number of hydrogen-bond acceptors (Lipinski definition) is 11. The predicted octanol–water partition coefficient (Wildman–Crippen LogP) is 6.50. The first-order valence-electron chi connectivity index (χ1n) is 16.9. The molecule has 2 fully saturated rings. The number of anilines is 2. The summed E-state index contributed by atoms with van der Waals surface area (Å²) in [7, 11) is 0. The smallest absolute Gasteiger partial charge is 0.331 e. The van der Waals surface area contributed by atoms with E-state index >= 15 is 0 Å². The minimum absolute atomic E-state index is 0.277. The van der Waals surface area contributed by atoms with Gasteiger partial charge in [-0.3, -0.25) is 9.97 Å². The Morgan fingerprint density at radius 3 is 1.98 bits per heavy atom. The second-order valence-corrected chi connectivity index (χ2v) is 12.3. The number of ether oxygens (including phenoxy) is 1. The van der Waals surface area contributed by atoms with Gasteiger partial charge in [-0.05, 0) is 106 Å². The first kappa shape index (κ1) is 36.6. The van der Waals surface area contributed by atoms with Crippen LogP contribution in [-0.2, 0) is 25.3 Å². The quantitative estimate of drug-likeness (QED) is 0.103. The Labute approximate surface area is 294 Å². The molecule has 0 radical (unpaired) electrons. The van der Waals surface area contributed by atoms with Gasteiger partial charge in [0.15, 0.2) is 0 Å². The van der Waals surface area contributed by atoms with Gasteiger partial charge in [-0.25, -0.2) is 18.4 Å². The maximum atomic E-state index is 14.1. The van der Waals surface area contributed by atoms with Gasteiger partial charge in [0, 0.05) is 36.0 Å². The lowest BCUT2D eigenvalue weighted by molar-refractivity contribution is -0.137. The Bertz CT molecular complexity index is 1860. The molecule has 0 atom stereocenters. The van der Waals surface area contributed by atoms with E-state index < -0.39 is 17.5 Å². The summed E-state index contributed by atoms with van der Waals surface area (Å²) in [6.45, 7) is 4.37. The number of carboxylic acids is 1. The fourth-order valence-electron chi connectivity index (χ4n) is 5.92. The highest BCUT2D eigenvalue weighted by molar-refractivity contribution is 5.91. The van der Waals surface area contributed by atoms with Gasteiger partial charge in [-0.1, -0.05) is 13.3 Å². The highest BCUT2D eigenvalue weighted by atomic mass is 19.1. The lowest BCUT2D eigenvalue weighted by Crippen LogP contribution is -2.43. The third-order valence-electron chi connectivity index (χ3n) is 8.99. The van der Waals surface area contributed by atoms with Gasteiger partial charge < -0.3 is 20.5 Å². The van der Waals surface area contributed by atoms with Crippen LogP contribution < -0.4 is 10.6 Å². The van der Waals surface area contributed by atoms with Crippen molar-refractivity contribution in [3.05, 3.63) is 107 Å². The van der Waals surface area contributed by atoms with Crippen molar-refractivity contribution < 1.29 is 28.2 Å². The number of nitrogens with one attached hydrogen (secondary N) is 2. The van der Waals surface area contributed by atoms with E-state index in [-0.39, 0.29) is 22.6 Å². The number of hydrogen-bond donors (Lipinski definition) is 3. The topological polar surface area (TPSA) is 165 Å². The number of aliphatic carboxylic acids is 1. The number of rotatable bonds is 13. The van der Waals surface area contributed by atoms with E-state index in [9.17, 15) is 18.4 Å². The fourth-order valence-corrected chi connectivity index (χ4v) is 5.92. The van der Waals surface area contributed by atoms with Crippen molar-refractivity contribution in [2.24, 2.45) is 0 Å². The molecule has 0 aliphatic heterocycles. The summed E-state index contributed by atoms with van der Waals surface area (Å²) in [6, 6.07) is 13.0. The van der Waals surface area contributed by atoms with Gasteiger partial charge in [-0.15, -0.1) is 20.4 Å². The Morgan fingerprint density at radius 2 is 1.47 bits per heavy atom. The first-order chi connectivity index (χ1) is 24.7. The van der Waals surface area contributed by atoms with Crippen molar-refractivity contribution in [1.29, 1.82) is 0 Å². The number of halogens is 2. The third-order valence-corrected chi connectivity index (χ3v) is 8.99. The van der Waals surface area contributed by atoms with Gasteiger partial charge in [0.1, 0.15) is 29.0 Å². The van der Waals surface area contributed by atoms with Gasteiger partial charge in [-0.2, -0.15) is 0 Å². The predicted molar refractivity (Wildman–Crippen MR) is 187 cm³/mol. The highest BCUT2D eigenvalue weighted by Gasteiger charge is 2.43. The van der Waals surface area contributed by atoms with E-state index in [1.165, 1.54) is 30.4 Å². The second-order valence-electron chi connectivity index (χ2n) is 12.3. The van der Waals surface area contributed by atoms with Crippen molar-refractivity contribution in [3.8, 4) is 0 Å². The van der Waals surface area contributed by atoms with Gasteiger partial charge >= 0.3 is 11.9 Å². The SMILES string of the molecule is CCC(=Cc1ccc(NCC2(c3ncccc3F)CCC2)nn1)C(=O)O.CCOC(=O)C=Cc1ccc(NC2(c3ncccc3F)CCC2)nn1. The lowest BCUT2D eigenvalue weighted by Gasteiger charge is -2.42. The van der Waals surface area contributed by atoms with Crippen LogP contribution in [0.2, 0.25) is 0 Å². The number of carboxylic acid groups (broad SMARTS) is 1. The van der Waals surface area contributed by atoms with Gasteiger partial charge in [0.05, 0.1) is 29.2 Å². The number of esters is 1. The van der Waals surface area contributed by atoms with Crippen LogP contribution in [0.1, 0.15) is 81.6 Å². The summed E-state index contributed by atoms with van der Waals surface area (Å²) in [5.74, 6) is -0.875. The first-order valence-corrected chi connectivity index (χ1v) is 16.9. The van der Waals surface area contributed by atoms with Crippen LogP contribution in [0, 0.1) is 11.6 Å². The number of carbonyl (C=O) groups excluding carboxylic acids is 1. The maximum absolute atomic E-state index is 14.1. The average Bonchev–Trinajstić information content (AvgIpc) is 3.10. The minimum Gasteiger partial charge on any atom is -0.478 e. The van der Waals surface area contributed by atoms with Crippen LogP contribution >= 0.6 is 0 Å². The van der Waals surface area contributed by atoms with Crippen LogP contribution in [0.15, 0.2) is 72.6 Å². The molecule has 14 heteroatoms. The number of carbonyl (C=O) groups is 2. The molecule has 51 heavy (non-hydrogen) atoms. The molecule has 0 saturated heterocycles. The molecule has 0 spiro atoms. The fraction of sp³-hybridized carbons (Fsp3) is 0.351. The summed E-state index contributed by atoms with van der Waals surface area (Å²) in [4.78, 5) is 30.8. The molecule has 6 rings (SSSR count). The Hall–Kier alpha value is -5.66. The van der Waals surface area contributed by atoms with E-state index in [2.05, 4.69) is 41.0 Å². The molecule has 2 aliphatic rings. The second kappa shape index (κ2) is 16.8. The van der Waals surface area contributed by atoms with E-state index in [4.69, 9.17) is 9.84 Å². The molecule has 3 N–H and O–H groups in total. The largest absolute Gasteiger partial charge is 0.478 e. The van der Waals surface area contributed by atoms with E-state index in [0.717, 1.165) is 38.5 Å². The summed E-state index contributed by atoms with van der Waals surface area (Å²) in [5, 5.41) is 31.8. The zero-order valence-electron chi connectivity index (χ0n) is 28.5. The van der Waals surface area contributed by atoms with E-state index in [0.29, 0.717) is 54.0 Å². The molecule has 0 bridgehead atoms. The summed E-state index contributed by atoms with van der Waals surface area (Å²) < 4.78 is 33.1. The van der Waals surface area contributed by atoms with Crippen molar-refractivity contribution in [2.45, 2.75) is 69.7 Å². The van der Waals surface area contributed by atoms with Crippen molar-refractivity contribution >= 4 is 35.7 Å². The molecular weight excluding hydrogens is 658 g/mol. The van der Waals surface area contributed by atoms with Gasteiger partial charge in [0.25, 0.3) is 0 Å². The summed E-state index contributed by atoms with van der Waals surface area (Å²) >= 11 is 0. The van der Waals surface area contributed by atoms with E-state index in [1.54, 1.807) is 62.6 Å². The zero-order chi connectivity index (χ0) is 36.3. The van der Waals surface area contributed by atoms with Crippen molar-refractivity contribution in [3.63, 3.8) is 0 Å². The number of nitrogens with zero attached hydrogens (tertiary/aromatic N) is 6. The minimum atomic E-state index is -0.958. The van der Waals surface area contributed by atoms with Crippen molar-refractivity contribution in [1.82, 2.24) is 30.4 Å². The van der Waals surface area contributed by atoms with Crippen molar-refractivity contribution in [2.75, 3.05) is 23.8 Å². The Morgan fingerprint density at radius 1 is 0.843 bits per heavy atom. The summed E-state index contributed by atoms with van der Waals surface area (Å²) in [6.07, 6.45) is 13.3. The highest BCUT2D eigenvalue weighted by Crippen LogP contribution is 2.44. The monoisotopic (exact) mass is 698 g/mol. The van der Waals surface area contributed by atoms with Crippen LogP contribution in [-0.4, -0.2) is 60.6 Å². The summed E-state index contributed by atoms with van der Waals surface area (Å²) in [5.41, 5.74) is 1.36. The van der Waals surface area contributed by atoms with E-state index in [1.807, 2.05) is 0 Å². The zero-order valence-corrected chi connectivity index (χ0v) is 28.5. The molecule has 2 saturated carbocycles. The Kier molecular flexibility index (Phi) is 12.1.